The van der Waals surface area contributed by atoms with Gasteiger partial charge in [-0.25, -0.2) is 0 Å². The van der Waals surface area contributed by atoms with Crippen molar-refractivity contribution in [2.24, 2.45) is 0 Å². The molecule has 0 saturated carbocycles. The number of aliphatic hydroxyl groups is 1. The first kappa shape index (κ1) is 9.48. The fourth-order valence-corrected chi connectivity index (χ4v) is 0.974. The highest BCUT2D eigenvalue weighted by molar-refractivity contribution is 4.65. The third kappa shape index (κ3) is 3.49. The van der Waals surface area contributed by atoms with Crippen molar-refractivity contribution in [3.63, 3.8) is 0 Å². The second-order valence-corrected chi connectivity index (χ2v) is 2.36. The first-order chi connectivity index (χ1) is 4.79. The van der Waals surface area contributed by atoms with E-state index in [1.807, 2.05) is 6.92 Å². The molecular formula is C8H14O2. The highest BCUT2D eigenvalue weighted by Crippen LogP contribution is 2.11. The van der Waals surface area contributed by atoms with E-state index in [9.17, 15) is 0 Å². The zero-order chi connectivity index (χ0) is 7.98. The van der Waals surface area contributed by atoms with E-state index in [1.54, 1.807) is 0 Å². The normalized spacial score (nSPS) is 32.0. The molecule has 0 aromatic carbocycles. The second-order valence-electron chi connectivity index (χ2n) is 2.36. The van der Waals surface area contributed by atoms with Crippen molar-refractivity contribution in [1.82, 2.24) is 0 Å². The number of terminal acetylenes is 1. The van der Waals surface area contributed by atoms with Crippen molar-refractivity contribution >= 4 is 0 Å². The highest BCUT2D eigenvalue weighted by Gasteiger charge is 2.15. The molecule has 0 radical (unpaired) electrons. The zero-order valence-corrected chi connectivity index (χ0v) is 6.29. The second kappa shape index (κ2) is 5.28. The Morgan fingerprint density at radius 1 is 1.50 bits per heavy atom. The molecule has 2 unspecified atom stereocenters. The molecule has 0 aromatic rings. The minimum Gasteiger partial charge on any atom is -0.393 e. The lowest BCUT2D eigenvalue weighted by molar-refractivity contribution is -0.0340. The number of hydrogen-bond acceptors (Lipinski definition) is 2. The first-order valence-electron chi connectivity index (χ1n) is 3.42. The van der Waals surface area contributed by atoms with Crippen molar-refractivity contribution in [3.8, 4) is 12.8 Å². The summed E-state index contributed by atoms with van der Waals surface area (Å²) in [6.45, 7) is 2.71. The molecular weight excluding hydrogens is 128 g/mol. The molecule has 2 heteroatoms. The van der Waals surface area contributed by atoms with Crippen LogP contribution in [0.5, 0.6) is 0 Å². The Bertz CT molecular complexity index is 90.7. The van der Waals surface area contributed by atoms with Crippen molar-refractivity contribution in [2.75, 3.05) is 6.61 Å². The summed E-state index contributed by atoms with van der Waals surface area (Å²) in [5.74, 6) is 0. The number of rotatable bonds is 0. The van der Waals surface area contributed by atoms with Crippen molar-refractivity contribution in [2.45, 2.75) is 32.0 Å². The van der Waals surface area contributed by atoms with E-state index >= 15 is 0 Å². The topological polar surface area (TPSA) is 29.5 Å². The molecule has 0 bridgehead atoms. The monoisotopic (exact) mass is 142 g/mol. The van der Waals surface area contributed by atoms with E-state index in [0.717, 1.165) is 19.4 Å². The summed E-state index contributed by atoms with van der Waals surface area (Å²) in [5.41, 5.74) is 0. The molecule has 0 aromatic heterocycles. The van der Waals surface area contributed by atoms with Gasteiger partial charge in [-0.2, -0.15) is 0 Å². The first-order valence-corrected chi connectivity index (χ1v) is 3.42. The van der Waals surface area contributed by atoms with Crippen LogP contribution in [0.3, 0.4) is 0 Å². The third-order valence-corrected chi connectivity index (χ3v) is 1.46. The van der Waals surface area contributed by atoms with E-state index in [0.29, 0.717) is 0 Å². The van der Waals surface area contributed by atoms with Crippen LogP contribution in [0.2, 0.25) is 0 Å². The number of aliphatic hydroxyl groups excluding tert-OH is 1. The molecule has 1 N–H and O–H groups in total. The lowest BCUT2D eigenvalue weighted by atomic mass is 10.1. The standard InChI is InChI=1S/C6H12O2.C2H2/c1-5-4-6(7)2-3-8-5;1-2/h5-7H,2-4H2,1H3;1-2H. The van der Waals surface area contributed by atoms with Gasteiger partial charge in [-0.3, -0.25) is 0 Å². The zero-order valence-electron chi connectivity index (χ0n) is 6.29. The maximum Gasteiger partial charge on any atom is 0.0586 e. The average Bonchev–Trinajstić information content (AvgIpc) is 1.91. The summed E-state index contributed by atoms with van der Waals surface area (Å²) in [7, 11) is 0. The van der Waals surface area contributed by atoms with Gasteiger partial charge in [0, 0.05) is 6.61 Å². The van der Waals surface area contributed by atoms with E-state index in [2.05, 4.69) is 12.8 Å². The molecule has 1 heterocycles. The van der Waals surface area contributed by atoms with Crippen LogP contribution in [0, 0.1) is 12.8 Å². The van der Waals surface area contributed by atoms with E-state index in [-0.39, 0.29) is 12.2 Å². The lowest BCUT2D eigenvalue weighted by Gasteiger charge is -2.22. The van der Waals surface area contributed by atoms with Crippen LogP contribution in [-0.2, 0) is 4.74 Å². The highest BCUT2D eigenvalue weighted by atomic mass is 16.5. The fourth-order valence-electron chi connectivity index (χ4n) is 0.974. The van der Waals surface area contributed by atoms with E-state index < -0.39 is 0 Å². The summed E-state index contributed by atoms with van der Waals surface area (Å²) in [5, 5.41) is 9.00. The minimum atomic E-state index is -0.112. The Hall–Kier alpha value is -0.520. The van der Waals surface area contributed by atoms with Gasteiger partial charge in [0.05, 0.1) is 12.2 Å². The molecule has 1 rings (SSSR count). The minimum absolute atomic E-state index is 0.112. The predicted molar refractivity (Wildman–Crippen MR) is 40.5 cm³/mol. The van der Waals surface area contributed by atoms with Crippen LogP contribution < -0.4 is 0 Å². The van der Waals surface area contributed by atoms with Crippen molar-refractivity contribution in [3.05, 3.63) is 0 Å². The summed E-state index contributed by atoms with van der Waals surface area (Å²) < 4.78 is 5.19. The molecule has 10 heavy (non-hydrogen) atoms. The Kier molecular flexibility index (Phi) is 5.00. The molecule has 0 aliphatic carbocycles. The van der Waals surface area contributed by atoms with Gasteiger partial charge in [-0.05, 0) is 19.8 Å². The van der Waals surface area contributed by atoms with E-state index in [4.69, 9.17) is 9.84 Å². The molecule has 1 aliphatic heterocycles. The Morgan fingerprint density at radius 3 is 2.40 bits per heavy atom. The van der Waals surface area contributed by atoms with Gasteiger partial charge in [0.2, 0.25) is 0 Å². The molecule has 1 aliphatic rings. The van der Waals surface area contributed by atoms with E-state index in [1.165, 1.54) is 0 Å². The summed E-state index contributed by atoms with van der Waals surface area (Å²) in [6, 6.07) is 0. The summed E-state index contributed by atoms with van der Waals surface area (Å²) >= 11 is 0. The van der Waals surface area contributed by atoms with Crippen molar-refractivity contribution < 1.29 is 9.84 Å². The Balaban J connectivity index is 0.000000371. The van der Waals surface area contributed by atoms with Crippen LogP contribution in [0.25, 0.3) is 0 Å². The lowest BCUT2D eigenvalue weighted by Crippen LogP contribution is -2.26. The third-order valence-electron chi connectivity index (χ3n) is 1.46. The molecule has 2 atom stereocenters. The number of hydrogen-bond donors (Lipinski definition) is 1. The molecule has 0 amide bonds. The molecule has 1 saturated heterocycles. The maximum atomic E-state index is 9.00. The van der Waals surface area contributed by atoms with Gasteiger partial charge < -0.3 is 9.84 Å². The predicted octanol–water partition coefficient (Wildman–Crippen LogP) is 0.796. The van der Waals surface area contributed by atoms with Crippen LogP contribution in [-0.4, -0.2) is 23.9 Å². The van der Waals surface area contributed by atoms with Crippen LogP contribution >= 0.6 is 0 Å². The molecule has 0 spiro atoms. The summed E-state index contributed by atoms with van der Waals surface area (Å²) in [4.78, 5) is 0. The average molecular weight is 142 g/mol. The number of ether oxygens (including phenoxy) is 1. The largest absolute Gasteiger partial charge is 0.393 e. The molecule has 1 fully saturated rings. The molecule has 58 valence electrons. The van der Waals surface area contributed by atoms with Gasteiger partial charge in [0.25, 0.3) is 0 Å². The van der Waals surface area contributed by atoms with Gasteiger partial charge in [0.15, 0.2) is 0 Å². The fraction of sp³-hybridized carbons (Fsp3) is 0.750. The van der Waals surface area contributed by atoms with Gasteiger partial charge in [0.1, 0.15) is 0 Å². The van der Waals surface area contributed by atoms with Gasteiger partial charge >= 0.3 is 0 Å². The SMILES string of the molecule is C#C.CC1CC(O)CCO1. The van der Waals surface area contributed by atoms with Crippen LogP contribution in [0.15, 0.2) is 0 Å². The van der Waals surface area contributed by atoms with Crippen LogP contribution in [0.1, 0.15) is 19.8 Å². The Morgan fingerprint density at radius 2 is 2.10 bits per heavy atom. The summed E-state index contributed by atoms with van der Waals surface area (Å²) in [6.07, 6.45) is 9.77. The smallest absolute Gasteiger partial charge is 0.0586 e. The molecule has 2 nitrogen and oxygen atoms in total. The van der Waals surface area contributed by atoms with Crippen LogP contribution in [0.4, 0.5) is 0 Å². The quantitative estimate of drug-likeness (QED) is 0.507. The Labute approximate surface area is 62.2 Å². The van der Waals surface area contributed by atoms with Crippen molar-refractivity contribution in [1.29, 1.82) is 0 Å². The van der Waals surface area contributed by atoms with Gasteiger partial charge in [-0.1, -0.05) is 0 Å². The van der Waals surface area contributed by atoms with Gasteiger partial charge in [-0.15, -0.1) is 12.8 Å². The maximum absolute atomic E-state index is 9.00.